The number of hydrogen-bond acceptors (Lipinski definition) is 6. The van der Waals surface area contributed by atoms with E-state index in [0.717, 1.165) is 58.3 Å². The van der Waals surface area contributed by atoms with Crippen molar-refractivity contribution in [3.05, 3.63) is 171 Å². The number of anilines is 2. The maximum Gasteiger partial charge on any atom is 0.335 e. The molecule has 0 spiro atoms. The number of fused-ring (bicyclic) bond motifs is 1. The molecule has 2 atom stereocenters. The normalized spacial score (nSPS) is 18.5. The predicted molar refractivity (Wildman–Crippen MR) is 222 cm³/mol. The summed E-state index contributed by atoms with van der Waals surface area (Å²) in [6, 6.07) is 41.6. The lowest BCUT2D eigenvalue weighted by molar-refractivity contribution is -0.122. The molecule has 6 aromatic carbocycles. The van der Waals surface area contributed by atoms with E-state index in [9.17, 15) is 14.4 Å². The number of rotatable bonds is 8. The van der Waals surface area contributed by atoms with Gasteiger partial charge in [-0.3, -0.25) is 14.9 Å². The molecule has 56 heavy (non-hydrogen) atoms. The first-order valence-electron chi connectivity index (χ1n) is 18.8. The first-order chi connectivity index (χ1) is 27.4. The molecule has 6 aromatic rings. The van der Waals surface area contributed by atoms with Gasteiger partial charge < -0.3 is 14.4 Å². The van der Waals surface area contributed by atoms with Crippen LogP contribution in [0, 0.1) is 0 Å². The molecule has 0 radical (unpaired) electrons. The summed E-state index contributed by atoms with van der Waals surface area (Å²) in [6.45, 7) is 2.12. The van der Waals surface area contributed by atoms with Crippen LogP contribution >= 0.6 is 15.9 Å². The van der Waals surface area contributed by atoms with E-state index in [1.165, 1.54) is 30.0 Å². The van der Waals surface area contributed by atoms with Gasteiger partial charge in [0.1, 0.15) is 12.2 Å². The number of halogens is 1. The van der Waals surface area contributed by atoms with Crippen molar-refractivity contribution < 1.29 is 23.9 Å². The van der Waals surface area contributed by atoms with Crippen molar-refractivity contribution in [3.63, 3.8) is 0 Å². The average Bonchev–Trinajstić information content (AvgIpc) is 3.22. The van der Waals surface area contributed by atoms with Crippen LogP contribution in [0.1, 0.15) is 58.1 Å². The van der Waals surface area contributed by atoms with E-state index < -0.39 is 17.8 Å². The molecule has 1 N–H and O–H groups in total. The Balaban J connectivity index is 1.09. The highest BCUT2D eigenvalue weighted by molar-refractivity contribution is 9.10. The topological polar surface area (TPSA) is 88.2 Å². The highest BCUT2D eigenvalue weighted by atomic mass is 79.9. The second-order valence-electron chi connectivity index (χ2n) is 14.4. The van der Waals surface area contributed by atoms with Gasteiger partial charge in [-0.05, 0) is 103 Å². The largest absolute Gasteiger partial charge is 0.493 e. The third-order valence-electron chi connectivity index (χ3n) is 11.2. The standard InChI is InChI=1S/C47H38BrN3O5/c1-55-42-25-29(24-41(48)44(42)56-28-33-17-10-16-30-15-8-9-18-35(30)33)23-40-45(52)49-47(54)51(46(40)53)34-26-38-36(31-11-4-2-5-12-31)19-21-50-22-20-37(39(27-34)43(38)50)32-13-6-3-7-14-32/h2-18,23-27,36-37H,19-22,28H2,1H3,(H,49,52,54)/b40-23+/t36-,37-/m0/s1. The fraction of sp³-hybridized carbons (Fsp3) is 0.170. The summed E-state index contributed by atoms with van der Waals surface area (Å²) in [5, 5.41) is 4.66. The Morgan fingerprint density at radius 2 is 1.39 bits per heavy atom. The summed E-state index contributed by atoms with van der Waals surface area (Å²) in [5.74, 6) is -0.425. The van der Waals surface area contributed by atoms with Crippen molar-refractivity contribution in [1.82, 2.24) is 5.32 Å². The molecule has 1 saturated heterocycles. The summed E-state index contributed by atoms with van der Waals surface area (Å²) in [6.07, 6.45) is 3.29. The summed E-state index contributed by atoms with van der Waals surface area (Å²) in [4.78, 5) is 45.2. The Bertz CT molecular complexity index is 2480. The number of carbonyl (C=O) groups is 3. The van der Waals surface area contributed by atoms with Gasteiger partial charge in [-0.15, -0.1) is 0 Å². The quantitative estimate of drug-likeness (QED) is 0.122. The van der Waals surface area contributed by atoms with Gasteiger partial charge in [0.25, 0.3) is 11.8 Å². The molecule has 9 heteroatoms. The van der Waals surface area contributed by atoms with Crippen molar-refractivity contribution in [2.45, 2.75) is 31.3 Å². The third kappa shape index (κ3) is 6.41. The smallest absolute Gasteiger partial charge is 0.335 e. The van der Waals surface area contributed by atoms with Crippen molar-refractivity contribution in [1.29, 1.82) is 0 Å². The Kier molecular flexibility index (Phi) is 9.39. The Morgan fingerprint density at radius 3 is 2.05 bits per heavy atom. The van der Waals surface area contributed by atoms with E-state index in [1.807, 2.05) is 72.8 Å². The van der Waals surface area contributed by atoms with Crippen LogP contribution in [0.25, 0.3) is 16.8 Å². The highest BCUT2D eigenvalue weighted by Gasteiger charge is 2.40. The lowest BCUT2D eigenvalue weighted by Crippen LogP contribution is -2.54. The number of benzene rings is 6. The fourth-order valence-electron chi connectivity index (χ4n) is 8.56. The molecular weight excluding hydrogens is 766 g/mol. The zero-order valence-corrected chi connectivity index (χ0v) is 32.3. The molecule has 3 aliphatic heterocycles. The molecular formula is C47H38BrN3O5. The Labute approximate surface area is 333 Å². The summed E-state index contributed by atoms with van der Waals surface area (Å²) in [7, 11) is 1.54. The van der Waals surface area contributed by atoms with E-state index in [2.05, 4.69) is 68.6 Å². The number of nitrogens with one attached hydrogen (secondary N) is 1. The second-order valence-corrected chi connectivity index (χ2v) is 15.2. The molecule has 9 rings (SSSR count). The van der Waals surface area contributed by atoms with Gasteiger partial charge in [-0.2, -0.15) is 0 Å². The summed E-state index contributed by atoms with van der Waals surface area (Å²) < 4.78 is 12.6. The predicted octanol–water partition coefficient (Wildman–Crippen LogP) is 9.73. The van der Waals surface area contributed by atoms with Crippen molar-refractivity contribution >= 4 is 62.0 Å². The first kappa shape index (κ1) is 35.5. The lowest BCUT2D eigenvalue weighted by atomic mass is 9.76. The minimum atomic E-state index is -0.781. The number of hydrogen-bond donors (Lipinski definition) is 1. The van der Waals surface area contributed by atoms with Crippen molar-refractivity contribution in [2.75, 3.05) is 30.0 Å². The Hall–Kier alpha value is -6.19. The van der Waals surface area contributed by atoms with Crippen LogP contribution in [0.5, 0.6) is 11.5 Å². The average molecular weight is 805 g/mol. The molecule has 0 unspecified atom stereocenters. The van der Waals surface area contributed by atoms with Gasteiger partial charge in [0.05, 0.1) is 17.3 Å². The molecule has 278 valence electrons. The van der Waals surface area contributed by atoms with Crippen LogP contribution < -0.4 is 24.6 Å². The zero-order valence-electron chi connectivity index (χ0n) is 30.7. The SMILES string of the molecule is COc1cc(/C=C2\C(=O)NC(=O)N(c3cc4c5c(c3)[C@H](c3ccccc3)CCN5CC[C@H]4c3ccccc3)C2=O)cc(Br)c1OCc1cccc2ccccc12. The first-order valence-corrected chi connectivity index (χ1v) is 19.6. The molecule has 3 heterocycles. The number of carbonyl (C=O) groups excluding carboxylic acids is 3. The number of methoxy groups -OCH3 is 1. The Morgan fingerprint density at radius 1 is 0.768 bits per heavy atom. The van der Waals surface area contributed by atoms with Gasteiger partial charge in [0, 0.05) is 30.6 Å². The van der Waals surface area contributed by atoms with Crippen LogP contribution in [-0.2, 0) is 16.2 Å². The summed E-state index contributed by atoms with van der Waals surface area (Å²) in [5.41, 5.74) is 7.49. The fourth-order valence-corrected chi connectivity index (χ4v) is 9.13. The van der Waals surface area contributed by atoms with Crippen LogP contribution in [-0.4, -0.2) is 38.0 Å². The summed E-state index contributed by atoms with van der Waals surface area (Å²) >= 11 is 3.64. The van der Waals surface area contributed by atoms with Gasteiger partial charge >= 0.3 is 6.03 Å². The van der Waals surface area contributed by atoms with Crippen LogP contribution in [0.15, 0.2) is 137 Å². The van der Waals surface area contributed by atoms with E-state index in [1.54, 1.807) is 12.1 Å². The number of ether oxygens (including phenoxy) is 2. The third-order valence-corrected chi connectivity index (χ3v) is 11.8. The second kappa shape index (κ2) is 14.8. The lowest BCUT2D eigenvalue weighted by Gasteiger charge is -2.44. The maximum absolute atomic E-state index is 14.5. The van der Waals surface area contributed by atoms with Crippen molar-refractivity contribution in [3.8, 4) is 11.5 Å². The van der Waals surface area contributed by atoms with E-state index >= 15 is 0 Å². The molecule has 0 aliphatic carbocycles. The van der Waals surface area contributed by atoms with Gasteiger partial charge in [-0.25, -0.2) is 9.69 Å². The minimum Gasteiger partial charge on any atom is -0.493 e. The monoisotopic (exact) mass is 803 g/mol. The maximum atomic E-state index is 14.5. The molecule has 3 aliphatic rings. The number of imide groups is 2. The van der Waals surface area contributed by atoms with Crippen LogP contribution in [0.3, 0.4) is 0 Å². The molecule has 4 amide bonds. The number of amides is 4. The number of barbiturate groups is 1. The number of urea groups is 1. The minimum absolute atomic E-state index is 0.0708. The molecule has 1 fully saturated rings. The van der Waals surface area contributed by atoms with Crippen molar-refractivity contribution in [2.24, 2.45) is 0 Å². The van der Waals surface area contributed by atoms with Gasteiger partial charge in [0.15, 0.2) is 11.5 Å². The van der Waals surface area contributed by atoms with E-state index in [-0.39, 0.29) is 17.4 Å². The number of nitrogens with zero attached hydrogens (tertiary/aromatic N) is 2. The zero-order chi connectivity index (χ0) is 38.3. The van der Waals surface area contributed by atoms with E-state index in [4.69, 9.17) is 9.47 Å². The molecule has 0 aromatic heterocycles. The van der Waals surface area contributed by atoms with Crippen LogP contribution in [0.4, 0.5) is 16.2 Å². The highest BCUT2D eigenvalue weighted by Crippen LogP contribution is 2.50. The van der Waals surface area contributed by atoms with E-state index in [0.29, 0.717) is 33.8 Å². The van der Waals surface area contributed by atoms with Gasteiger partial charge in [-0.1, -0.05) is 103 Å². The molecule has 8 nitrogen and oxygen atoms in total. The molecule has 0 bridgehead atoms. The van der Waals surface area contributed by atoms with Gasteiger partial charge in [0.2, 0.25) is 0 Å². The molecule has 0 saturated carbocycles. The van der Waals surface area contributed by atoms with Crippen LogP contribution in [0.2, 0.25) is 0 Å².